The van der Waals surface area contributed by atoms with E-state index in [2.05, 4.69) is 10.5 Å². The minimum Gasteiger partial charge on any atom is -0.271 e. The summed E-state index contributed by atoms with van der Waals surface area (Å²) < 4.78 is 41.0. The van der Waals surface area contributed by atoms with E-state index in [4.69, 9.17) is 0 Å². The molecule has 0 aliphatic heterocycles. The number of sulfonamides is 1. The maximum absolute atomic E-state index is 13.6. The quantitative estimate of drug-likeness (QED) is 0.465. The number of nitrogens with zero attached hydrogens (tertiary/aromatic N) is 2. The lowest BCUT2D eigenvalue weighted by Crippen LogP contribution is -2.39. The van der Waals surface area contributed by atoms with Crippen molar-refractivity contribution in [2.75, 3.05) is 10.8 Å². The topological polar surface area (TPSA) is 78.8 Å². The molecule has 0 spiro atoms. The second kappa shape index (κ2) is 9.32. The van der Waals surface area contributed by atoms with Crippen molar-refractivity contribution in [2.45, 2.75) is 11.8 Å². The highest BCUT2D eigenvalue weighted by Crippen LogP contribution is 2.24. The molecule has 0 atom stereocenters. The molecule has 0 aliphatic carbocycles. The van der Waals surface area contributed by atoms with E-state index in [0.29, 0.717) is 5.69 Å². The molecule has 0 aliphatic rings. The van der Waals surface area contributed by atoms with Crippen LogP contribution in [0.1, 0.15) is 11.1 Å². The molecular weight excluding hydrogens is 405 g/mol. The summed E-state index contributed by atoms with van der Waals surface area (Å²) in [7, 11) is -3.99. The smallest absolute Gasteiger partial charge is 0.264 e. The Morgan fingerprint density at radius 3 is 2.43 bits per heavy atom. The van der Waals surface area contributed by atoms with Crippen LogP contribution >= 0.6 is 0 Å². The van der Waals surface area contributed by atoms with Gasteiger partial charge in [0, 0.05) is 5.56 Å². The van der Waals surface area contributed by atoms with Crippen LogP contribution in [0.2, 0.25) is 0 Å². The van der Waals surface area contributed by atoms with Gasteiger partial charge in [0.15, 0.2) is 0 Å². The molecule has 30 heavy (non-hydrogen) atoms. The molecule has 154 valence electrons. The van der Waals surface area contributed by atoms with Crippen molar-refractivity contribution in [3.05, 3.63) is 95.8 Å². The Kier molecular flexibility index (Phi) is 6.58. The standard InChI is InChI=1S/C22H20FN3O3S/c1-17-8-7-10-19(14-17)26(30(28,29)20-11-3-2-4-12-20)16-22(27)25-24-15-18-9-5-6-13-21(18)23/h2-15H,16H2,1H3,(H,25,27)/b24-15-. The third-order valence-corrected chi connectivity index (χ3v) is 5.99. The van der Waals surface area contributed by atoms with E-state index in [-0.39, 0.29) is 10.5 Å². The second-order valence-electron chi connectivity index (χ2n) is 6.48. The molecule has 3 aromatic carbocycles. The number of carbonyl (C=O) groups excluding carboxylic acids is 1. The van der Waals surface area contributed by atoms with E-state index in [1.165, 1.54) is 24.3 Å². The lowest BCUT2D eigenvalue weighted by atomic mass is 10.2. The van der Waals surface area contributed by atoms with E-state index in [9.17, 15) is 17.6 Å². The predicted molar refractivity (Wildman–Crippen MR) is 114 cm³/mol. The molecule has 8 heteroatoms. The molecule has 0 unspecified atom stereocenters. The molecule has 0 bridgehead atoms. The fourth-order valence-electron chi connectivity index (χ4n) is 2.74. The van der Waals surface area contributed by atoms with Crippen LogP contribution in [0.25, 0.3) is 0 Å². The average Bonchev–Trinajstić information content (AvgIpc) is 2.74. The van der Waals surface area contributed by atoms with Crippen molar-refractivity contribution in [1.82, 2.24) is 5.43 Å². The Morgan fingerprint density at radius 1 is 1.03 bits per heavy atom. The summed E-state index contributed by atoms with van der Waals surface area (Å²) in [4.78, 5) is 12.5. The molecule has 0 heterocycles. The lowest BCUT2D eigenvalue weighted by Gasteiger charge is -2.24. The van der Waals surface area contributed by atoms with Crippen molar-refractivity contribution in [3.63, 3.8) is 0 Å². The summed E-state index contributed by atoms with van der Waals surface area (Å²) in [6, 6.07) is 20.7. The van der Waals surface area contributed by atoms with Crippen LogP contribution in [-0.4, -0.2) is 27.1 Å². The zero-order chi connectivity index (χ0) is 21.6. The van der Waals surface area contributed by atoms with Crippen molar-refractivity contribution >= 4 is 27.8 Å². The van der Waals surface area contributed by atoms with Crippen LogP contribution in [0.5, 0.6) is 0 Å². The molecule has 1 N–H and O–H groups in total. The normalized spacial score (nSPS) is 11.4. The highest BCUT2D eigenvalue weighted by atomic mass is 32.2. The molecule has 3 rings (SSSR count). The fraction of sp³-hybridized carbons (Fsp3) is 0.0909. The van der Waals surface area contributed by atoms with Gasteiger partial charge in [-0.05, 0) is 42.8 Å². The van der Waals surface area contributed by atoms with Gasteiger partial charge in [-0.3, -0.25) is 9.10 Å². The van der Waals surface area contributed by atoms with E-state index < -0.39 is 28.3 Å². The van der Waals surface area contributed by atoms with Gasteiger partial charge in [0.2, 0.25) is 0 Å². The number of hydrazone groups is 1. The van der Waals surface area contributed by atoms with Crippen LogP contribution in [0.15, 0.2) is 88.9 Å². The van der Waals surface area contributed by atoms with E-state index in [0.717, 1.165) is 16.1 Å². The maximum atomic E-state index is 13.6. The largest absolute Gasteiger partial charge is 0.271 e. The predicted octanol–water partition coefficient (Wildman–Crippen LogP) is 3.48. The highest BCUT2D eigenvalue weighted by Gasteiger charge is 2.27. The number of halogens is 1. The third-order valence-electron chi connectivity index (χ3n) is 4.21. The zero-order valence-corrected chi connectivity index (χ0v) is 17.0. The van der Waals surface area contributed by atoms with Gasteiger partial charge in [0.25, 0.3) is 15.9 Å². The van der Waals surface area contributed by atoms with Crippen molar-refractivity contribution in [1.29, 1.82) is 0 Å². The van der Waals surface area contributed by atoms with Crippen molar-refractivity contribution < 1.29 is 17.6 Å². The molecular formula is C22H20FN3O3S. The van der Waals surface area contributed by atoms with Crippen LogP contribution in [-0.2, 0) is 14.8 Å². The average molecular weight is 425 g/mol. The second-order valence-corrected chi connectivity index (χ2v) is 8.34. The Balaban J connectivity index is 1.84. The number of hydrogen-bond acceptors (Lipinski definition) is 4. The minimum absolute atomic E-state index is 0.0640. The fourth-order valence-corrected chi connectivity index (χ4v) is 4.17. The first-order valence-corrected chi connectivity index (χ1v) is 10.5. The third kappa shape index (κ3) is 5.09. The molecule has 0 saturated heterocycles. The zero-order valence-electron chi connectivity index (χ0n) is 16.2. The Labute approximate surface area is 174 Å². The van der Waals surface area contributed by atoms with Gasteiger partial charge in [-0.25, -0.2) is 18.2 Å². The van der Waals surface area contributed by atoms with Gasteiger partial charge in [0.05, 0.1) is 16.8 Å². The summed E-state index contributed by atoms with van der Waals surface area (Å²) in [5, 5.41) is 3.74. The number of hydrogen-bond donors (Lipinski definition) is 1. The van der Waals surface area contributed by atoms with Crippen molar-refractivity contribution in [2.24, 2.45) is 5.10 Å². The van der Waals surface area contributed by atoms with Gasteiger partial charge >= 0.3 is 0 Å². The number of anilines is 1. The van der Waals surface area contributed by atoms with Crippen LogP contribution < -0.4 is 9.73 Å². The van der Waals surface area contributed by atoms with Crippen LogP contribution in [0.3, 0.4) is 0 Å². The number of benzene rings is 3. The molecule has 0 saturated carbocycles. The minimum atomic E-state index is -3.99. The van der Waals surface area contributed by atoms with E-state index in [1.807, 2.05) is 13.0 Å². The Bertz CT molecular complexity index is 1170. The Morgan fingerprint density at radius 2 is 1.73 bits per heavy atom. The monoisotopic (exact) mass is 425 g/mol. The van der Waals surface area contributed by atoms with E-state index >= 15 is 0 Å². The summed E-state index contributed by atoms with van der Waals surface area (Å²) in [5.74, 6) is -1.15. The lowest BCUT2D eigenvalue weighted by molar-refractivity contribution is -0.119. The first kappa shape index (κ1) is 21.2. The summed E-state index contributed by atoms with van der Waals surface area (Å²) >= 11 is 0. The number of rotatable bonds is 7. The Hall–Kier alpha value is -3.52. The van der Waals surface area contributed by atoms with Gasteiger partial charge < -0.3 is 0 Å². The summed E-state index contributed by atoms with van der Waals surface area (Å²) in [5.41, 5.74) is 3.65. The van der Waals surface area contributed by atoms with E-state index in [1.54, 1.807) is 48.5 Å². The molecule has 3 aromatic rings. The van der Waals surface area contributed by atoms with Crippen LogP contribution in [0.4, 0.5) is 10.1 Å². The highest BCUT2D eigenvalue weighted by molar-refractivity contribution is 7.92. The maximum Gasteiger partial charge on any atom is 0.264 e. The van der Waals surface area contributed by atoms with Crippen molar-refractivity contribution in [3.8, 4) is 0 Å². The van der Waals surface area contributed by atoms with Crippen LogP contribution in [0, 0.1) is 12.7 Å². The summed E-state index contributed by atoms with van der Waals surface area (Å²) in [6.07, 6.45) is 1.16. The molecule has 0 radical (unpaired) electrons. The molecule has 0 fully saturated rings. The number of aryl methyl sites for hydroxylation is 1. The SMILES string of the molecule is Cc1cccc(N(CC(=O)N/N=C\c2ccccc2F)S(=O)(=O)c2ccccc2)c1. The number of nitrogens with one attached hydrogen (secondary N) is 1. The molecule has 1 amide bonds. The van der Waals surface area contributed by atoms with Gasteiger partial charge in [0.1, 0.15) is 12.4 Å². The molecule has 0 aromatic heterocycles. The first-order valence-electron chi connectivity index (χ1n) is 9.09. The summed E-state index contributed by atoms with van der Waals surface area (Å²) in [6.45, 7) is 1.34. The van der Waals surface area contributed by atoms with Gasteiger partial charge in [-0.15, -0.1) is 0 Å². The number of carbonyl (C=O) groups is 1. The molecule has 6 nitrogen and oxygen atoms in total. The van der Waals surface area contributed by atoms with Gasteiger partial charge in [-0.1, -0.05) is 48.5 Å². The first-order chi connectivity index (χ1) is 14.4. The number of amides is 1. The van der Waals surface area contributed by atoms with Gasteiger partial charge in [-0.2, -0.15) is 5.10 Å².